The number of unbranched alkanes of at least 4 members (excludes halogenated alkanes) is 2. The minimum absolute atomic E-state index is 0.191. The number of nitrogens with zero attached hydrogens (tertiary/aromatic N) is 5. The van der Waals surface area contributed by atoms with Crippen molar-refractivity contribution in [3.8, 4) is 12.1 Å². The number of nitrogens with one attached hydrogen (secondary N) is 1. The minimum atomic E-state index is -4.80. The van der Waals surface area contributed by atoms with Gasteiger partial charge < -0.3 is 10.2 Å². The third kappa shape index (κ3) is 6.78. The number of amides is 4. The normalized spacial score (nSPS) is 16.0. The number of halogens is 3. The van der Waals surface area contributed by atoms with Crippen LogP contribution < -0.4 is 10.2 Å². The number of hydrogen-bond acceptors (Lipinski definition) is 6. The van der Waals surface area contributed by atoms with Gasteiger partial charge in [-0.05, 0) is 75.2 Å². The Bertz CT molecular complexity index is 1480. The van der Waals surface area contributed by atoms with E-state index in [1.54, 1.807) is 29.2 Å². The van der Waals surface area contributed by atoms with E-state index in [2.05, 4.69) is 10.2 Å². The maximum Gasteiger partial charge on any atom is 0.417 e. The monoisotopic (exact) mass is 578 g/mol. The summed E-state index contributed by atoms with van der Waals surface area (Å²) in [4.78, 5) is 43.1. The summed E-state index contributed by atoms with van der Waals surface area (Å²) in [5.41, 5.74) is -0.335. The molecule has 42 heavy (non-hydrogen) atoms. The van der Waals surface area contributed by atoms with Crippen LogP contribution in [0, 0.1) is 22.7 Å². The summed E-state index contributed by atoms with van der Waals surface area (Å²) in [5, 5.41) is 20.7. The standard InChI is InChI=1S/C30H29F3N6O3/c1-20-25(28(41)39(27(20)40)24-11-8-22(19-35)26(17-24)30(31,32)33)5-3-2-4-12-37-13-15-38(16-14-37)29(42)36-23-9-6-21(18-34)7-10-23/h6-11,17H,2-5,12-16H2,1H3,(H,36,42). The second kappa shape index (κ2) is 12.9. The molecule has 2 aromatic rings. The summed E-state index contributed by atoms with van der Waals surface area (Å²) >= 11 is 0. The lowest BCUT2D eigenvalue weighted by molar-refractivity contribution is -0.138. The molecule has 0 aliphatic carbocycles. The van der Waals surface area contributed by atoms with Crippen molar-refractivity contribution < 1.29 is 27.6 Å². The Balaban J connectivity index is 1.21. The number of carbonyl (C=O) groups is 3. The maximum absolute atomic E-state index is 13.4. The van der Waals surface area contributed by atoms with Crippen LogP contribution in [-0.2, 0) is 15.8 Å². The topological polar surface area (TPSA) is 121 Å². The van der Waals surface area contributed by atoms with Gasteiger partial charge >= 0.3 is 12.2 Å². The lowest BCUT2D eigenvalue weighted by atomic mass is 10.0. The average molecular weight is 579 g/mol. The zero-order chi connectivity index (χ0) is 30.4. The zero-order valence-electron chi connectivity index (χ0n) is 23.0. The van der Waals surface area contributed by atoms with Gasteiger partial charge in [0.15, 0.2) is 0 Å². The molecule has 0 atom stereocenters. The highest BCUT2D eigenvalue weighted by molar-refractivity contribution is 6.32. The fraction of sp³-hybridized carbons (Fsp3) is 0.367. The molecule has 2 aliphatic rings. The number of urea groups is 1. The molecular formula is C30H29F3N6O3. The largest absolute Gasteiger partial charge is 0.417 e. The number of hydrogen-bond donors (Lipinski definition) is 1. The third-order valence-corrected chi connectivity index (χ3v) is 7.45. The molecule has 9 nitrogen and oxygen atoms in total. The van der Waals surface area contributed by atoms with Crippen molar-refractivity contribution in [2.75, 3.05) is 42.9 Å². The summed E-state index contributed by atoms with van der Waals surface area (Å²) in [5.74, 6) is -1.29. The maximum atomic E-state index is 13.4. The summed E-state index contributed by atoms with van der Waals surface area (Å²) in [6.07, 6.45) is -2.21. The van der Waals surface area contributed by atoms with Crippen LogP contribution in [0.4, 0.5) is 29.3 Å². The lowest BCUT2D eigenvalue weighted by Gasteiger charge is -2.34. The number of carbonyl (C=O) groups excluding carboxylic acids is 3. The quantitative estimate of drug-likeness (QED) is 0.346. The first-order valence-corrected chi connectivity index (χ1v) is 13.5. The summed E-state index contributed by atoms with van der Waals surface area (Å²) in [6, 6.07) is 12.8. The van der Waals surface area contributed by atoms with E-state index >= 15 is 0 Å². The van der Waals surface area contributed by atoms with E-state index in [1.165, 1.54) is 19.1 Å². The number of piperazine rings is 1. The van der Waals surface area contributed by atoms with E-state index in [0.29, 0.717) is 48.8 Å². The van der Waals surface area contributed by atoms with Crippen molar-refractivity contribution in [2.45, 2.75) is 38.8 Å². The number of benzene rings is 2. The van der Waals surface area contributed by atoms with Crippen LogP contribution in [0.25, 0.3) is 0 Å². The summed E-state index contributed by atoms with van der Waals surface area (Å²) < 4.78 is 40.2. The fourth-order valence-corrected chi connectivity index (χ4v) is 5.04. The highest BCUT2D eigenvalue weighted by Gasteiger charge is 2.39. The molecule has 4 rings (SSSR count). The predicted molar refractivity (Wildman–Crippen MR) is 148 cm³/mol. The Morgan fingerprint density at radius 2 is 1.62 bits per heavy atom. The first kappa shape index (κ1) is 30.3. The van der Waals surface area contributed by atoms with Crippen molar-refractivity contribution in [3.63, 3.8) is 0 Å². The molecule has 12 heteroatoms. The van der Waals surface area contributed by atoms with E-state index < -0.39 is 29.1 Å². The molecular weight excluding hydrogens is 549 g/mol. The molecule has 2 heterocycles. The number of rotatable bonds is 8. The lowest BCUT2D eigenvalue weighted by Crippen LogP contribution is -2.50. The van der Waals surface area contributed by atoms with Gasteiger partial charge in [0.05, 0.1) is 34.5 Å². The van der Waals surface area contributed by atoms with E-state index in [0.717, 1.165) is 43.4 Å². The average Bonchev–Trinajstić information content (AvgIpc) is 3.19. The molecule has 0 saturated carbocycles. The van der Waals surface area contributed by atoms with Crippen LogP contribution in [0.2, 0.25) is 0 Å². The Hall–Kier alpha value is -4.68. The summed E-state index contributed by atoms with van der Waals surface area (Å²) in [7, 11) is 0. The molecule has 2 aromatic carbocycles. The molecule has 1 N–H and O–H groups in total. The SMILES string of the molecule is CC1=C(CCCCCN2CCN(C(=O)Nc3ccc(C#N)cc3)CC2)C(=O)N(c2ccc(C#N)c(C(F)(F)F)c2)C1=O. The van der Waals surface area contributed by atoms with Gasteiger partial charge in [-0.25, -0.2) is 9.69 Å². The van der Waals surface area contributed by atoms with E-state index in [-0.39, 0.29) is 17.3 Å². The Morgan fingerprint density at radius 1 is 0.929 bits per heavy atom. The molecule has 1 saturated heterocycles. The fourth-order valence-electron chi connectivity index (χ4n) is 5.04. The van der Waals surface area contributed by atoms with E-state index in [4.69, 9.17) is 10.5 Å². The number of anilines is 2. The molecule has 0 unspecified atom stereocenters. The van der Waals surface area contributed by atoms with Crippen LogP contribution in [0.1, 0.15) is 49.3 Å². The van der Waals surface area contributed by atoms with Gasteiger partial charge in [-0.15, -0.1) is 0 Å². The number of nitriles is 2. The van der Waals surface area contributed by atoms with E-state index in [9.17, 15) is 27.6 Å². The minimum Gasteiger partial charge on any atom is -0.322 e. The second-order valence-electron chi connectivity index (χ2n) is 10.1. The molecule has 0 aromatic heterocycles. The van der Waals surface area contributed by atoms with Gasteiger partial charge in [-0.1, -0.05) is 6.42 Å². The predicted octanol–water partition coefficient (Wildman–Crippen LogP) is 5.05. The Morgan fingerprint density at radius 3 is 2.24 bits per heavy atom. The van der Waals surface area contributed by atoms with Gasteiger partial charge in [0, 0.05) is 43.0 Å². The third-order valence-electron chi connectivity index (χ3n) is 7.45. The molecule has 0 radical (unpaired) electrons. The molecule has 218 valence electrons. The van der Waals surface area contributed by atoms with Gasteiger partial charge in [0.1, 0.15) is 0 Å². The van der Waals surface area contributed by atoms with Crippen LogP contribution in [0.3, 0.4) is 0 Å². The van der Waals surface area contributed by atoms with Crippen molar-refractivity contribution in [2.24, 2.45) is 0 Å². The van der Waals surface area contributed by atoms with Crippen LogP contribution >= 0.6 is 0 Å². The van der Waals surface area contributed by atoms with Crippen molar-refractivity contribution in [1.82, 2.24) is 9.80 Å². The second-order valence-corrected chi connectivity index (χ2v) is 10.1. The van der Waals surface area contributed by atoms with Gasteiger partial charge in [-0.2, -0.15) is 23.7 Å². The van der Waals surface area contributed by atoms with Crippen LogP contribution in [0.15, 0.2) is 53.6 Å². The van der Waals surface area contributed by atoms with Crippen LogP contribution in [0.5, 0.6) is 0 Å². The number of imide groups is 1. The molecule has 4 amide bonds. The van der Waals surface area contributed by atoms with Gasteiger partial charge in [0.25, 0.3) is 11.8 Å². The Kier molecular flexibility index (Phi) is 9.28. The van der Waals surface area contributed by atoms with Gasteiger partial charge in [-0.3, -0.25) is 14.5 Å². The number of alkyl halides is 3. The molecule has 1 fully saturated rings. The van der Waals surface area contributed by atoms with Crippen LogP contribution in [-0.4, -0.2) is 60.4 Å². The Labute approximate surface area is 241 Å². The zero-order valence-corrected chi connectivity index (χ0v) is 23.0. The first-order chi connectivity index (χ1) is 20.0. The molecule has 2 aliphatic heterocycles. The molecule has 0 bridgehead atoms. The van der Waals surface area contributed by atoms with Gasteiger partial charge in [0.2, 0.25) is 0 Å². The highest BCUT2D eigenvalue weighted by atomic mass is 19.4. The smallest absolute Gasteiger partial charge is 0.322 e. The molecule has 0 spiro atoms. The highest BCUT2D eigenvalue weighted by Crippen LogP contribution is 2.37. The first-order valence-electron chi connectivity index (χ1n) is 13.5. The summed E-state index contributed by atoms with van der Waals surface area (Å²) in [6.45, 7) is 4.90. The van der Waals surface area contributed by atoms with Crippen molar-refractivity contribution >= 4 is 29.2 Å². The van der Waals surface area contributed by atoms with E-state index in [1.807, 2.05) is 6.07 Å². The van der Waals surface area contributed by atoms with Crippen molar-refractivity contribution in [3.05, 3.63) is 70.3 Å². The van der Waals surface area contributed by atoms with Crippen molar-refractivity contribution in [1.29, 1.82) is 10.5 Å².